The van der Waals surface area contributed by atoms with Crippen LogP contribution in [0.1, 0.15) is 33.6 Å². The molecule has 178 valence electrons. The van der Waals surface area contributed by atoms with Gasteiger partial charge in [0.05, 0.1) is 7.11 Å². The number of ether oxygens (including phenoxy) is 1. The van der Waals surface area contributed by atoms with Gasteiger partial charge in [0, 0.05) is 42.8 Å². The summed E-state index contributed by atoms with van der Waals surface area (Å²) in [5, 5.41) is 20.0. The van der Waals surface area contributed by atoms with E-state index in [1.165, 1.54) is 16.9 Å². The summed E-state index contributed by atoms with van der Waals surface area (Å²) in [5.41, 5.74) is 16.2. The number of methoxy groups -OCH3 is 1. The number of carbonyl (C=O) groups is 1. The number of guanidine groups is 2. The number of carbonyl (C=O) groups excluding carboxylic acids is 1. The van der Waals surface area contributed by atoms with Crippen LogP contribution in [0.2, 0.25) is 0 Å². The predicted molar refractivity (Wildman–Crippen MR) is 137 cm³/mol. The molecule has 0 spiro atoms. The average Bonchev–Trinajstić information content (AvgIpc) is 3.29. The maximum absolute atomic E-state index is 13.0. The van der Waals surface area contributed by atoms with Gasteiger partial charge in [0.25, 0.3) is 5.91 Å². The number of thiophene rings is 1. The minimum atomic E-state index is -0.211. The first-order valence-corrected chi connectivity index (χ1v) is 11.9. The van der Waals surface area contributed by atoms with Crippen LogP contribution in [0.5, 0.6) is 5.75 Å². The highest BCUT2D eigenvalue weighted by molar-refractivity contribution is 7.12. The van der Waals surface area contributed by atoms with Gasteiger partial charge >= 0.3 is 0 Å². The van der Waals surface area contributed by atoms with Crippen molar-refractivity contribution in [2.45, 2.75) is 12.8 Å². The van der Waals surface area contributed by atoms with Gasteiger partial charge in [-0.3, -0.25) is 15.6 Å². The minimum Gasteiger partial charge on any atom is -0.494 e. The third-order valence-electron chi connectivity index (χ3n) is 6.11. The summed E-state index contributed by atoms with van der Waals surface area (Å²) >= 11 is 1.36. The van der Waals surface area contributed by atoms with E-state index in [1.807, 2.05) is 40.6 Å². The third-order valence-corrected chi connectivity index (χ3v) is 7.08. The first-order chi connectivity index (χ1) is 16.4. The van der Waals surface area contributed by atoms with Crippen molar-refractivity contribution in [1.82, 2.24) is 9.80 Å². The lowest BCUT2D eigenvalue weighted by atomic mass is 9.99. The quantitative estimate of drug-likeness (QED) is 0.329. The van der Waals surface area contributed by atoms with E-state index < -0.39 is 0 Å². The van der Waals surface area contributed by atoms with Gasteiger partial charge in [-0.05, 0) is 41.7 Å². The molecule has 2 aliphatic heterocycles. The van der Waals surface area contributed by atoms with Crippen molar-refractivity contribution in [3.8, 4) is 5.75 Å². The lowest BCUT2D eigenvalue weighted by molar-refractivity contribution is 0.102. The molecule has 0 fully saturated rings. The van der Waals surface area contributed by atoms with Crippen molar-refractivity contribution in [3.63, 3.8) is 0 Å². The number of hydrogen-bond acceptors (Lipinski definition) is 5. The van der Waals surface area contributed by atoms with E-state index in [2.05, 4.69) is 11.4 Å². The zero-order valence-corrected chi connectivity index (χ0v) is 19.9. The molecule has 9 nitrogen and oxygen atoms in total. The SMILES string of the molecule is COc1c(C2=CCN(C(=N)N)CC2)csc1C(=O)Nc1ccc(C2=CCN(C(=N)N)CC2)cc1. The molecule has 0 aliphatic carbocycles. The van der Waals surface area contributed by atoms with Gasteiger partial charge in [-0.15, -0.1) is 11.3 Å². The maximum Gasteiger partial charge on any atom is 0.269 e. The molecule has 0 atom stereocenters. The fourth-order valence-corrected chi connectivity index (χ4v) is 5.12. The van der Waals surface area contributed by atoms with Crippen molar-refractivity contribution >= 4 is 46.0 Å². The standard InChI is InChI=1S/C24H29N7O2S/c1-33-20-19(17-8-12-31(13-9-17)24(27)28)14-34-21(20)22(32)29-18-4-2-15(3-5-18)16-6-10-30(11-7-16)23(25)26/h2-6,8,14H,7,9-13H2,1H3,(H3,25,26)(H3,27,28)(H,29,32). The largest absolute Gasteiger partial charge is 0.494 e. The molecule has 1 aromatic carbocycles. The lowest BCUT2D eigenvalue weighted by Gasteiger charge is -2.26. The molecule has 0 unspecified atom stereocenters. The van der Waals surface area contributed by atoms with Gasteiger partial charge in [0.15, 0.2) is 11.9 Å². The van der Waals surface area contributed by atoms with Crippen LogP contribution in [0, 0.1) is 10.8 Å². The number of rotatable bonds is 5. The van der Waals surface area contributed by atoms with Crippen LogP contribution in [0.25, 0.3) is 11.1 Å². The second kappa shape index (κ2) is 10.0. The van der Waals surface area contributed by atoms with Crippen LogP contribution < -0.4 is 21.5 Å². The molecule has 10 heteroatoms. The van der Waals surface area contributed by atoms with E-state index >= 15 is 0 Å². The molecule has 1 amide bonds. The van der Waals surface area contributed by atoms with Crippen LogP contribution in [0.15, 0.2) is 41.8 Å². The zero-order chi connectivity index (χ0) is 24.2. The molecule has 0 saturated heterocycles. The first-order valence-electron chi connectivity index (χ1n) is 11.0. The molecule has 2 aliphatic rings. The molecule has 2 aromatic rings. The molecule has 4 rings (SSSR count). The van der Waals surface area contributed by atoms with Crippen LogP contribution in [-0.2, 0) is 0 Å². The van der Waals surface area contributed by atoms with Gasteiger partial charge in [-0.25, -0.2) is 0 Å². The highest BCUT2D eigenvalue weighted by Crippen LogP contribution is 2.38. The van der Waals surface area contributed by atoms with Crippen LogP contribution in [-0.4, -0.2) is 60.9 Å². The highest BCUT2D eigenvalue weighted by atomic mass is 32.1. The van der Waals surface area contributed by atoms with E-state index in [9.17, 15) is 4.79 Å². The number of amides is 1. The molecule has 0 bridgehead atoms. The van der Waals surface area contributed by atoms with Gasteiger partial charge in [0.1, 0.15) is 10.6 Å². The van der Waals surface area contributed by atoms with E-state index in [0.29, 0.717) is 35.9 Å². The third kappa shape index (κ3) is 4.91. The summed E-state index contributed by atoms with van der Waals surface area (Å²) in [6.45, 7) is 2.59. The second-order valence-electron chi connectivity index (χ2n) is 8.16. The first kappa shape index (κ1) is 23.4. The second-order valence-corrected chi connectivity index (χ2v) is 9.04. The minimum absolute atomic E-state index is 0.0662. The van der Waals surface area contributed by atoms with Gasteiger partial charge < -0.3 is 31.3 Å². The van der Waals surface area contributed by atoms with Crippen molar-refractivity contribution in [2.24, 2.45) is 11.5 Å². The molecule has 34 heavy (non-hydrogen) atoms. The van der Waals surface area contributed by atoms with Gasteiger partial charge in [0.2, 0.25) is 0 Å². The van der Waals surface area contributed by atoms with Crippen molar-refractivity contribution in [1.29, 1.82) is 10.8 Å². The van der Waals surface area contributed by atoms with Crippen molar-refractivity contribution in [2.75, 3.05) is 38.6 Å². The van der Waals surface area contributed by atoms with Crippen molar-refractivity contribution in [3.05, 3.63) is 57.8 Å². The predicted octanol–water partition coefficient (Wildman–Crippen LogP) is 2.97. The molecule has 0 saturated carbocycles. The number of nitrogens with one attached hydrogen (secondary N) is 3. The summed E-state index contributed by atoms with van der Waals surface area (Å²) in [6.07, 6.45) is 5.67. The fourth-order valence-electron chi connectivity index (χ4n) is 4.17. The Labute approximate surface area is 202 Å². The monoisotopic (exact) mass is 479 g/mol. The van der Waals surface area contributed by atoms with E-state index in [4.69, 9.17) is 27.0 Å². The molecule has 7 N–H and O–H groups in total. The molecule has 3 heterocycles. The Kier molecular flexibility index (Phi) is 6.87. The molecule has 1 aromatic heterocycles. The number of nitrogens with two attached hydrogens (primary N) is 2. The topological polar surface area (TPSA) is 145 Å². The van der Waals surface area contributed by atoms with Crippen LogP contribution >= 0.6 is 11.3 Å². The average molecular weight is 480 g/mol. The van der Waals surface area contributed by atoms with Gasteiger partial charge in [-0.2, -0.15) is 0 Å². The zero-order valence-electron chi connectivity index (χ0n) is 19.1. The van der Waals surface area contributed by atoms with Crippen molar-refractivity contribution < 1.29 is 9.53 Å². The summed E-state index contributed by atoms with van der Waals surface area (Å²) in [5.74, 6) is 0.524. The Morgan fingerprint density at radius 3 is 2.09 bits per heavy atom. The lowest BCUT2D eigenvalue weighted by Crippen LogP contribution is -2.39. The van der Waals surface area contributed by atoms with E-state index in [0.717, 1.165) is 36.1 Å². The fraction of sp³-hybridized carbons (Fsp3) is 0.292. The summed E-state index contributed by atoms with van der Waals surface area (Å²) < 4.78 is 5.62. The summed E-state index contributed by atoms with van der Waals surface area (Å²) in [7, 11) is 1.58. The number of anilines is 1. The Bertz CT molecular complexity index is 1170. The molecular formula is C24H29N7O2S. The Balaban J connectivity index is 1.44. The van der Waals surface area contributed by atoms with E-state index in [1.54, 1.807) is 12.0 Å². The van der Waals surface area contributed by atoms with Crippen LogP contribution in [0.4, 0.5) is 5.69 Å². The Hall–Kier alpha value is -3.79. The number of hydrogen-bond donors (Lipinski definition) is 5. The van der Waals surface area contributed by atoms with Gasteiger partial charge in [-0.1, -0.05) is 24.3 Å². The van der Waals surface area contributed by atoms with Crippen LogP contribution in [0.3, 0.4) is 0 Å². The molecule has 0 radical (unpaired) electrons. The smallest absolute Gasteiger partial charge is 0.269 e. The maximum atomic E-state index is 13.0. The Morgan fingerprint density at radius 2 is 1.59 bits per heavy atom. The summed E-state index contributed by atoms with van der Waals surface area (Å²) in [6, 6.07) is 7.78. The normalized spacial score (nSPS) is 15.9. The molecular weight excluding hydrogens is 450 g/mol. The Morgan fingerprint density at radius 1 is 1.00 bits per heavy atom. The number of benzene rings is 1. The van der Waals surface area contributed by atoms with E-state index in [-0.39, 0.29) is 17.8 Å². The number of nitrogens with zero attached hydrogens (tertiary/aromatic N) is 2. The summed E-state index contributed by atoms with van der Waals surface area (Å²) in [4.78, 5) is 17.2. The highest BCUT2D eigenvalue weighted by Gasteiger charge is 2.23.